The van der Waals surface area contributed by atoms with Gasteiger partial charge in [-0.05, 0) is 5.92 Å². The summed E-state index contributed by atoms with van der Waals surface area (Å²) in [4.78, 5) is 8.16. The Labute approximate surface area is 109 Å². The van der Waals surface area contributed by atoms with Crippen LogP contribution in [0, 0.1) is 11.3 Å². The molecule has 0 N–H and O–H groups in total. The molecule has 0 radical (unpaired) electrons. The van der Waals surface area contributed by atoms with Crippen LogP contribution in [-0.2, 0) is 0 Å². The summed E-state index contributed by atoms with van der Waals surface area (Å²) in [6, 6.07) is 0. The molecule has 1 heterocycles. The van der Waals surface area contributed by atoms with E-state index in [-0.39, 0.29) is 5.41 Å². The van der Waals surface area contributed by atoms with E-state index in [1.807, 2.05) is 0 Å². The quantitative estimate of drug-likeness (QED) is 0.788. The van der Waals surface area contributed by atoms with E-state index < -0.39 is 0 Å². The zero-order chi connectivity index (χ0) is 12.9. The van der Waals surface area contributed by atoms with Crippen LogP contribution in [-0.4, -0.2) is 16.6 Å². The summed E-state index contributed by atoms with van der Waals surface area (Å²) in [5.41, 5.74) is 0.143. The zero-order valence-electron chi connectivity index (χ0n) is 11.1. The minimum atomic E-state index is 0.143. The van der Waals surface area contributed by atoms with Crippen molar-refractivity contribution in [1.29, 1.82) is 0 Å². The van der Waals surface area contributed by atoms with Crippen LogP contribution in [0.5, 0.6) is 5.88 Å². The van der Waals surface area contributed by atoms with Gasteiger partial charge in [-0.1, -0.05) is 40.5 Å². The molecule has 0 aliphatic heterocycles. The predicted octanol–water partition coefficient (Wildman–Crippen LogP) is 3.61. The van der Waals surface area contributed by atoms with Crippen LogP contribution in [0.25, 0.3) is 0 Å². The van der Waals surface area contributed by atoms with E-state index in [4.69, 9.17) is 4.74 Å². The zero-order valence-corrected chi connectivity index (χ0v) is 12.0. The summed E-state index contributed by atoms with van der Waals surface area (Å²) < 4.78 is 5.70. The molecule has 0 bridgehead atoms. The van der Waals surface area contributed by atoms with Crippen LogP contribution in [0.1, 0.15) is 40.5 Å². The van der Waals surface area contributed by atoms with Gasteiger partial charge in [-0.15, -0.1) is 12.6 Å². The van der Waals surface area contributed by atoms with E-state index in [1.165, 1.54) is 12.8 Å². The lowest BCUT2D eigenvalue weighted by molar-refractivity contribution is 0.111. The van der Waals surface area contributed by atoms with Gasteiger partial charge in [-0.2, -0.15) is 0 Å². The third-order valence-corrected chi connectivity index (χ3v) is 3.46. The van der Waals surface area contributed by atoms with Crippen molar-refractivity contribution >= 4 is 12.6 Å². The fourth-order valence-electron chi connectivity index (χ4n) is 1.63. The standard InChI is InChI=1S/C13H22N2OS/c1-5-6-10(2)13(3,4)9-16-11-7-14-8-12(17)15-11/h7-8,10H,5-6,9H2,1-4H3,(H,15,17)/t10-/m1/s1. The number of thiol groups is 1. The van der Waals surface area contributed by atoms with Gasteiger partial charge in [0, 0.05) is 5.41 Å². The number of hydrogen-bond acceptors (Lipinski definition) is 4. The largest absolute Gasteiger partial charge is 0.476 e. The Balaban J connectivity index is 2.54. The predicted molar refractivity (Wildman–Crippen MR) is 72.6 cm³/mol. The van der Waals surface area contributed by atoms with Crippen molar-refractivity contribution in [2.24, 2.45) is 11.3 Å². The van der Waals surface area contributed by atoms with Crippen LogP contribution in [0.2, 0.25) is 0 Å². The highest BCUT2D eigenvalue weighted by molar-refractivity contribution is 7.80. The van der Waals surface area contributed by atoms with Gasteiger partial charge in [0.1, 0.15) is 5.03 Å². The molecule has 0 amide bonds. The Morgan fingerprint density at radius 2 is 2.12 bits per heavy atom. The maximum absolute atomic E-state index is 5.70. The van der Waals surface area contributed by atoms with Crippen molar-refractivity contribution in [2.45, 2.75) is 45.6 Å². The van der Waals surface area contributed by atoms with E-state index >= 15 is 0 Å². The second kappa shape index (κ2) is 6.24. The molecule has 0 aliphatic carbocycles. The third-order valence-electron chi connectivity index (χ3n) is 3.25. The molecule has 1 aromatic heterocycles. The third kappa shape index (κ3) is 4.54. The molecular formula is C13H22N2OS. The van der Waals surface area contributed by atoms with Gasteiger partial charge in [-0.25, -0.2) is 4.98 Å². The maximum Gasteiger partial charge on any atom is 0.233 e. The molecule has 96 valence electrons. The second-order valence-electron chi connectivity index (χ2n) is 5.18. The molecule has 0 unspecified atom stereocenters. The van der Waals surface area contributed by atoms with Crippen LogP contribution >= 0.6 is 12.6 Å². The van der Waals surface area contributed by atoms with Gasteiger partial charge in [0.05, 0.1) is 19.0 Å². The van der Waals surface area contributed by atoms with Gasteiger partial charge >= 0.3 is 0 Å². The van der Waals surface area contributed by atoms with Crippen molar-refractivity contribution < 1.29 is 4.74 Å². The lowest BCUT2D eigenvalue weighted by Gasteiger charge is -2.31. The molecule has 1 rings (SSSR count). The van der Waals surface area contributed by atoms with Gasteiger partial charge in [-0.3, -0.25) is 4.98 Å². The van der Waals surface area contributed by atoms with E-state index in [0.717, 1.165) is 0 Å². The van der Waals surface area contributed by atoms with Crippen LogP contribution in [0.4, 0.5) is 0 Å². The van der Waals surface area contributed by atoms with E-state index in [9.17, 15) is 0 Å². The van der Waals surface area contributed by atoms with Crippen molar-refractivity contribution in [2.75, 3.05) is 6.61 Å². The molecule has 4 heteroatoms. The van der Waals surface area contributed by atoms with Crippen molar-refractivity contribution in [3.8, 4) is 5.88 Å². The first-order chi connectivity index (χ1) is 7.95. The van der Waals surface area contributed by atoms with Gasteiger partial charge in [0.25, 0.3) is 0 Å². The lowest BCUT2D eigenvalue weighted by atomic mass is 9.78. The van der Waals surface area contributed by atoms with Crippen molar-refractivity contribution in [3.05, 3.63) is 12.4 Å². The summed E-state index contributed by atoms with van der Waals surface area (Å²) in [7, 11) is 0. The van der Waals surface area contributed by atoms with E-state index in [0.29, 0.717) is 23.4 Å². The normalized spacial score (nSPS) is 13.5. The summed E-state index contributed by atoms with van der Waals surface area (Å²) in [5, 5.41) is 0.585. The second-order valence-corrected chi connectivity index (χ2v) is 5.64. The van der Waals surface area contributed by atoms with Crippen LogP contribution in [0.15, 0.2) is 17.4 Å². The first-order valence-electron chi connectivity index (χ1n) is 6.09. The van der Waals surface area contributed by atoms with Crippen LogP contribution < -0.4 is 4.74 Å². The lowest BCUT2D eigenvalue weighted by Crippen LogP contribution is -2.29. The molecule has 0 spiro atoms. The van der Waals surface area contributed by atoms with Crippen molar-refractivity contribution in [1.82, 2.24) is 9.97 Å². The average molecular weight is 254 g/mol. The number of hydrogen-bond donors (Lipinski definition) is 1. The highest BCUT2D eigenvalue weighted by atomic mass is 32.1. The summed E-state index contributed by atoms with van der Waals surface area (Å²) in [5.74, 6) is 1.17. The smallest absolute Gasteiger partial charge is 0.233 e. The van der Waals surface area contributed by atoms with Crippen LogP contribution in [0.3, 0.4) is 0 Å². The SMILES string of the molecule is CCC[C@@H](C)C(C)(C)COc1cncc(S)n1. The molecule has 0 saturated carbocycles. The molecule has 17 heavy (non-hydrogen) atoms. The highest BCUT2D eigenvalue weighted by Gasteiger charge is 2.26. The minimum absolute atomic E-state index is 0.143. The number of aromatic nitrogens is 2. The Hall–Kier alpha value is -0.770. The first-order valence-corrected chi connectivity index (χ1v) is 6.54. The van der Waals surface area contributed by atoms with Gasteiger partial charge in [0.2, 0.25) is 5.88 Å². The molecule has 0 aliphatic rings. The fraction of sp³-hybridized carbons (Fsp3) is 0.692. The minimum Gasteiger partial charge on any atom is -0.476 e. The summed E-state index contributed by atoms with van der Waals surface area (Å²) >= 11 is 4.14. The monoisotopic (exact) mass is 254 g/mol. The summed E-state index contributed by atoms with van der Waals surface area (Å²) in [6.45, 7) is 9.59. The Bertz CT molecular complexity index is 355. The first kappa shape index (κ1) is 14.3. The van der Waals surface area contributed by atoms with Gasteiger partial charge in [0.15, 0.2) is 0 Å². The molecule has 0 saturated heterocycles. The number of ether oxygens (including phenoxy) is 1. The molecule has 1 aromatic rings. The fourth-order valence-corrected chi connectivity index (χ4v) is 1.80. The van der Waals surface area contributed by atoms with Crippen molar-refractivity contribution in [3.63, 3.8) is 0 Å². The molecular weight excluding hydrogens is 232 g/mol. The number of rotatable bonds is 6. The Morgan fingerprint density at radius 1 is 1.41 bits per heavy atom. The average Bonchev–Trinajstić information content (AvgIpc) is 2.27. The summed E-state index contributed by atoms with van der Waals surface area (Å²) in [6.07, 6.45) is 5.65. The molecule has 0 fully saturated rings. The molecule has 0 aromatic carbocycles. The number of nitrogens with zero attached hydrogens (tertiary/aromatic N) is 2. The van der Waals surface area contributed by atoms with Gasteiger partial charge < -0.3 is 4.74 Å². The Morgan fingerprint density at radius 3 is 2.71 bits per heavy atom. The molecule has 1 atom stereocenters. The van der Waals surface area contributed by atoms with E-state index in [1.54, 1.807) is 12.4 Å². The Kier molecular flexibility index (Phi) is 5.25. The molecule has 3 nitrogen and oxygen atoms in total. The highest BCUT2D eigenvalue weighted by Crippen LogP contribution is 2.30. The maximum atomic E-state index is 5.70. The topological polar surface area (TPSA) is 35.0 Å². The van der Waals surface area contributed by atoms with E-state index in [2.05, 4.69) is 50.3 Å².